The van der Waals surface area contributed by atoms with Crippen LogP contribution < -0.4 is 10.1 Å². The Kier molecular flexibility index (Phi) is 5.92. The topological polar surface area (TPSA) is 90.1 Å². The van der Waals surface area contributed by atoms with E-state index in [0.717, 1.165) is 11.3 Å². The van der Waals surface area contributed by atoms with E-state index in [0.29, 0.717) is 31.3 Å². The van der Waals surface area contributed by atoms with Crippen molar-refractivity contribution in [1.29, 1.82) is 0 Å². The largest absolute Gasteiger partial charge is 0.492 e. The number of nitrogens with one attached hydrogen (secondary N) is 1. The average molecular weight is 352 g/mol. The highest BCUT2D eigenvalue weighted by Crippen LogP contribution is 2.14. The number of aryl methyl sites for hydroxylation is 2. The molecule has 0 spiro atoms. The Labute approximate surface area is 151 Å². The van der Waals surface area contributed by atoms with Crippen LogP contribution in [0.4, 0.5) is 0 Å². The van der Waals surface area contributed by atoms with E-state index < -0.39 is 0 Å². The fourth-order valence-corrected chi connectivity index (χ4v) is 2.28. The Balaban J connectivity index is 1.36. The first-order valence-corrected chi connectivity index (χ1v) is 8.40. The van der Waals surface area contributed by atoms with Gasteiger partial charge >= 0.3 is 0 Å². The minimum Gasteiger partial charge on any atom is -0.492 e. The van der Waals surface area contributed by atoms with Crippen molar-refractivity contribution >= 4 is 5.91 Å². The summed E-state index contributed by atoms with van der Waals surface area (Å²) in [6.07, 6.45) is 4.00. The minimum absolute atomic E-state index is 0.0823. The van der Waals surface area contributed by atoms with Crippen LogP contribution in [-0.2, 0) is 11.2 Å². The zero-order chi connectivity index (χ0) is 18.2. The van der Waals surface area contributed by atoms with Gasteiger partial charge in [0.15, 0.2) is 0 Å². The highest BCUT2D eigenvalue weighted by Gasteiger charge is 2.10. The third kappa shape index (κ3) is 5.14. The molecule has 0 saturated heterocycles. The standard InChI is InChI=1S/C19H20N4O3/c1-14-2-4-16(5-3-14)25-13-12-21-17(24)6-7-18-22-19(23-26-18)15-8-10-20-11-9-15/h2-5,8-11H,6-7,12-13H2,1H3,(H,21,24). The molecule has 3 rings (SSSR count). The van der Waals surface area contributed by atoms with Crippen molar-refractivity contribution in [2.24, 2.45) is 0 Å². The van der Waals surface area contributed by atoms with E-state index in [2.05, 4.69) is 20.4 Å². The average Bonchev–Trinajstić information content (AvgIpc) is 3.15. The summed E-state index contributed by atoms with van der Waals surface area (Å²) >= 11 is 0. The smallest absolute Gasteiger partial charge is 0.227 e. The van der Waals surface area contributed by atoms with Crippen molar-refractivity contribution < 1.29 is 14.1 Å². The van der Waals surface area contributed by atoms with Crippen LogP contribution in [0, 0.1) is 6.92 Å². The summed E-state index contributed by atoms with van der Waals surface area (Å²) in [5.74, 6) is 1.64. The Morgan fingerprint density at radius 3 is 2.69 bits per heavy atom. The van der Waals surface area contributed by atoms with Gasteiger partial charge in [-0.15, -0.1) is 0 Å². The molecule has 134 valence electrons. The number of benzene rings is 1. The molecule has 0 bridgehead atoms. The normalized spacial score (nSPS) is 10.5. The van der Waals surface area contributed by atoms with E-state index >= 15 is 0 Å². The van der Waals surface area contributed by atoms with Crippen molar-refractivity contribution in [2.75, 3.05) is 13.2 Å². The number of hydrogen-bond acceptors (Lipinski definition) is 6. The zero-order valence-electron chi connectivity index (χ0n) is 14.5. The summed E-state index contributed by atoms with van der Waals surface area (Å²) in [6.45, 7) is 2.88. The first kappa shape index (κ1) is 17.6. The van der Waals surface area contributed by atoms with Gasteiger partial charge < -0.3 is 14.6 Å². The molecule has 1 amide bonds. The first-order valence-electron chi connectivity index (χ1n) is 8.40. The van der Waals surface area contributed by atoms with Crippen LogP contribution in [0.2, 0.25) is 0 Å². The van der Waals surface area contributed by atoms with Gasteiger partial charge in [-0.25, -0.2) is 0 Å². The molecule has 7 nitrogen and oxygen atoms in total. The van der Waals surface area contributed by atoms with Crippen molar-refractivity contribution in [3.63, 3.8) is 0 Å². The van der Waals surface area contributed by atoms with E-state index in [4.69, 9.17) is 9.26 Å². The summed E-state index contributed by atoms with van der Waals surface area (Å²) in [6, 6.07) is 11.4. The number of carbonyl (C=O) groups is 1. The number of nitrogens with zero attached hydrogens (tertiary/aromatic N) is 3. The van der Waals surface area contributed by atoms with Gasteiger partial charge in [0.2, 0.25) is 17.6 Å². The Bertz CT molecular complexity index is 832. The zero-order valence-corrected chi connectivity index (χ0v) is 14.5. The van der Waals surface area contributed by atoms with Crippen molar-refractivity contribution in [2.45, 2.75) is 19.8 Å². The Hall–Kier alpha value is -3.22. The molecule has 1 N–H and O–H groups in total. The van der Waals surface area contributed by atoms with Crippen LogP contribution in [0.1, 0.15) is 17.9 Å². The van der Waals surface area contributed by atoms with E-state index in [1.807, 2.05) is 31.2 Å². The predicted octanol–water partition coefficient (Wildman–Crippen LogP) is 2.57. The fraction of sp³-hybridized carbons (Fsp3) is 0.263. The molecule has 0 unspecified atom stereocenters. The molecule has 2 aromatic heterocycles. The van der Waals surface area contributed by atoms with E-state index in [-0.39, 0.29) is 12.3 Å². The van der Waals surface area contributed by atoms with Crippen molar-refractivity contribution in [1.82, 2.24) is 20.4 Å². The lowest BCUT2D eigenvalue weighted by atomic mass is 10.2. The minimum atomic E-state index is -0.0823. The number of carbonyl (C=O) groups excluding carboxylic acids is 1. The van der Waals surface area contributed by atoms with Crippen LogP contribution in [0.15, 0.2) is 53.3 Å². The number of ether oxygens (including phenoxy) is 1. The van der Waals surface area contributed by atoms with Crippen molar-refractivity contribution in [3.05, 3.63) is 60.2 Å². The summed E-state index contributed by atoms with van der Waals surface area (Å²) in [4.78, 5) is 20.1. The van der Waals surface area contributed by atoms with Crippen LogP contribution in [0.3, 0.4) is 0 Å². The van der Waals surface area contributed by atoms with Gasteiger partial charge in [-0.2, -0.15) is 4.98 Å². The van der Waals surface area contributed by atoms with Gasteiger partial charge in [0.1, 0.15) is 12.4 Å². The second-order valence-electron chi connectivity index (χ2n) is 5.76. The molecule has 0 aliphatic carbocycles. The lowest BCUT2D eigenvalue weighted by molar-refractivity contribution is -0.121. The van der Waals surface area contributed by atoms with Crippen LogP contribution in [-0.4, -0.2) is 34.2 Å². The van der Waals surface area contributed by atoms with Gasteiger partial charge in [0, 0.05) is 30.8 Å². The van der Waals surface area contributed by atoms with Gasteiger partial charge in [-0.05, 0) is 31.2 Å². The second kappa shape index (κ2) is 8.75. The first-order chi connectivity index (χ1) is 12.7. The van der Waals surface area contributed by atoms with Crippen LogP contribution in [0.25, 0.3) is 11.4 Å². The molecule has 0 fully saturated rings. The number of pyridine rings is 1. The molecule has 1 aromatic carbocycles. The maximum atomic E-state index is 11.9. The Morgan fingerprint density at radius 2 is 1.92 bits per heavy atom. The molecule has 2 heterocycles. The summed E-state index contributed by atoms with van der Waals surface area (Å²) in [5.41, 5.74) is 2.01. The maximum absolute atomic E-state index is 11.9. The molecule has 0 radical (unpaired) electrons. The molecule has 7 heteroatoms. The monoisotopic (exact) mass is 352 g/mol. The molecular weight excluding hydrogens is 332 g/mol. The number of aromatic nitrogens is 3. The number of hydrogen-bond donors (Lipinski definition) is 1. The second-order valence-corrected chi connectivity index (χ2v) is 5.76. The van der Waals surface area contributed by atoms with Gasteiger partial charge in [0.25, 0.3) is 0 Å². The van der Waals surface area contributed by atoms with E-state index in [9.17, 15) is 4.79 Å². The number of rotatable bonds is 8. The molecule has 0 atom stereocenters. The van der Waals surface area contributed by atoms with E-state index in [1.165, 1.54) is 5.56 Å². The highest BCUT2D eigenvalue weighted by atomic mass is 16.5. The SMILES string of the molecule is Cc1ccc(OCCNC(=O)CCc2nc(-c3ccncc3)no2)cc1. The van der Waals surface area contributed by atoms with Gasteiger partial charge in [0.05, 0.1) is 6.54 Å². The lowest BCUT2D eigenvalue weighted by Crippen LogP contribution is -2.28. The summed E-state index contributed by atoms with van der Waals surface area (Å²) < 4.78 is 10.7. The van der Waals surface area contributed by atoms with E-state index in [1.54, 1.807) is 24.5 Å². The summed E-state index contributed by atoms with van der Waals surface area (Å²) in [5, 5.41) is 6.72. The van der Waals surface area contributed by atoms with Crippen molar-refractivity contribution in [3.8, 4) is 17.1 Å². The number of amides is 1. The van der Waals surface area contributed by atoms with Crippen LogP contribution in [0.5, 0.6) is 5.75 Å². The molecule has 26 heavy (non-hydrogen) atoms. The lowest BCUT2D eigenvalue weighted by Gasteiger charge is -2.07. The van der Waals surface area contributed by atoms with Crippen LogP contribution >= 0.6 is 0 Å². The van der Waals surface area contributed by atoms with Gasteiger partial charge in [-0.1, -0.05) is 22.9 Å². The quantitative estimate of drug-likeness (QED) is 0.627. The van der Waals surface area contributed by atoms with Gasteiger partial charge in [-0.3, -0.25) is 9.78 Å². The predicted molar refractivity (Wildman–Crippen MR) is 95.5 cm³/mol. The Morgan fingerprint density at radius 1 is 1.15 bits per heavy atom. The summed E-state index contributed by atoms with van der Waals surface area (Å²) in [7, 11) is 0. The third-order valence-electron chi connectivity index (χ3n) is 3.69. The maximum Gasteiger partial charge on any atom is 0.227 e. The molecule has 0 aliphatic rings. The molecule has 0 aliphatic heterocycles. The molecular formula is C19H20N4O3. The highest BCUT2D eigenvalue weighted by molar-refractivity contribution is 5.76. The molecule has 0 saturated carbocycles. The fourth-order valence-electron chi connectivity index (χ4n) is 2.28. The third-order valence-corrected chi connectivity index (χ3v) is 3.69. The molecule has 3 aromatic rings.